The van der Waals surface area contributed by atoms with Crippen molar-refractivity contribution in [2.45, 2.75) is 13.5 Å². The molecule has 0 saturated carbocycles. The Morgan fingerprint density at radius 3 is 2.50 bits per heavy atom. The first-order chi connectivity index (χ1) is 17.6. The van der Waals surface area contributed by atoms with E-state index in [4.69, 9.17) is 9.47 Å². The van der Waals surface area contributed by atoms with Crippen LogP contribution in [-0.2, 0) is 16.1 Å². The highest BCUT2D eigenvalue weighted by molar-refractivity contribution is 6.20. The highest BCUT2D eigenvalue weighted by Crippen LogP contribution is 2.22. The zero-order valence-corrected chi connectivity index (χ0v) is 20.2. The van der Waals surface area contributed by atoms with Crippen LogP contribution in [0.1, 0.15) is 34.2 Å². The highest BCUT2D eigenvalue weighted by atomic mass is 16.5. The SMILES string of the molecule is CCOC(=O)/C(=C/c1cccc(NC(=O)c2ccc(OC)cc2)c1)c1nccn1Cc1ccccc1. The minimum absolute atomic E-state index is 0.244. The number of amides is 1. The molecule has 7 heteroatoms. The number of nitrogens with one attached hydrogen (secondary N) is 1. The van der Waals surface area contributed by atoms with Gasteiger partial charge in [0.1, 0.15) is 17.1 Å². The lowest BCUT2D eigenvalue weighted by atomic mass is 10.1. The number of benzene rings is 3. The molecule has 0 spiro atoms. The number of imidazole rings is 1. The third-order valence-electron chi connectivity index (χ3n) is 5.46. The molecule has 1 amide bonds. The van der Waals surface area contributed by atoms with E-state index < -0.39 is 5.97 Å². The summed E-state index contributed by atoms with van der Waals surface area (Å²) >= 11 is 0. The predicted octanol–water partition coefficient (Wildman–Crippen LogP) is 5.30. The molecular formula is C29H27N3O4. The Morgan fingerprint density at radius 2 is 1.78 bits per heavy atom. The largest absolute Gasteiger partial charge is 0.497 e. The van der Waals surface area contributed by atoms with Crippen molar-refractivity contribution in [2.75, 3.05) is 19.0 Å². The molecule has 1 N–H and O–H groups in total. The quantitative estimate of drug-likeness (QED) is 0.259. The van der Waals surface area contributed by atoms with E-state index in [1.807, 2.05) is 53.2 Å². The maximum Gasteiger partial charge on any atom is 0.341 e. The molecule has 36 heavy (non-hydrogen) atoms. The molecule has 7 nitrogen and oxygen atoms in total. The molecule has 0 aliphatic rings. The van der Waals surface area contributed by atoms with Gasteiger partial charge in [-0.1, -0.05) is 42.5 Å². The zero-order chi connectivity index (χ0) is 25.3. The molecule has 0 atom stereocenters. The number of carbonyl (C=O) groups excluding carboxylic acids is 2. The molecule has 4 aromatic rings. The number of methoxy groups -OCH3 is 1. The van der Waals surface area contributed by atoms with Gasteiger partial charge in [0, 0.05) is 30.2 Å². The lowest BCUT2D eigenvalue weighted by molar-refractivity contribution is -0.136. The minimum Gasteiger partial charge on any atom is -0.497 e. The summed E-state index contributed by atoms with van der Waals surface area (Å²) in [6, 6.07) is 24.1. The van der Waals surface area contributed by atoms with Crippen LogP contribution in [0.25, 0.3) is 11.6 Å². The Bertz CT molecular complexity index is 1360. The van der Waals surface area contributed by atoms with Crippen LogP contribution < -0.4 is 10.1 Å². The van der Waals surface area contributed by atoms with Gasteiger partial charge < -0.3 is 19.4 Å². The number of anilines is 1. The Morgan fingerprint density at radius 1 is 1.00 bits per heavy atom. The fourth-order valence-electron chi connectivity index (χ4n) is 3.70. The Balaban J connectivity index is 1.61. The zero-order valence-electron chi connectivity index (χ0n) is 20.2. The van der Waals surface area contributed by atoms with E-state index >= 15 is 0 Å². The Kier molecular flexibility index (Phi) is 7.93. The van der Waals surface area contributed by atoms with Gasteiger partial charge in [-0.15, -0.1) is 0 Å². The number of rotatable bonds is 9. The van der Waals surface area contributed by atoms with Gasteiger partial charge in [0.2, 0.25) is 0 Å². The molecule has 0 radical (unpaired) electrons. The summed E-state index contributed by atoms with van der Waals surface area (Å²) in [5.41, 5.74) is 3.24. The van der Waals surface area contributed by atoms with Crippen LogP contribution >= 0.6 is 0 Å². The van der Waals surface area contributed by atoms with Crippen molar-refractivity contribution in [1.82, 2.24) is 9.55 Å². The first kappa shape index (κ1) is 24.5. The fraction of sp³-hybridized carbons (Fsp3) is 0.138. The van der Waals surface area contributed by atoms with Gasteiger partial charge in [-0.25, -0.2) is 9.78 Å². The van der Waals surface area contributed by atoms with Crippen molar-refractivity contribution in [1.29, 1.82) is 0 Å². The van der Waals surface area contributed by atoms with E-state index in [9.17, 15) is 9.59 Å². The number of nitrogens with zero attached hydrogens (tertiary/aromatic N) is 2. The molecule has 1 heterocycles. The Labute approximate surface area is 210 Å². The molecule has 0 saturated heterocycles. The lowest BCUT2D eigenvalue weighted by Gasteiger charge is -2.12. The molecule has 0 fully saturated rings. The van der Waals surface area contributed by atoms with Crippen molar-refractivity contribution in [3.8, 4) is 5.75 Å². The van der Waals surface area contributed by atoms with Gasteiger partial charge >= 0.3 is 5.97 Å². The van der Waals surface area contributed by atoms with Crippen LogP contribution in [0.2, 0.25) is 0 Å². The average molecular weight is 482 g/mol. The normalized spacial score (nSPS) is 11.1. The van der Waals surface area contributed by atoms with Crippen LogP contribution in [0.5, 0.6) is 5.75 Å². The lowest BCUT2D eigenvalue weighted by Crippen LogP contribution is -2.13. The molecule has 0 aliphatic heterocycles. The summed E-state index contributed by atoms with van der Waals surface area (Å²) in [6.07, 6.45) is 5.22. The smallest absolute Gasteiger partial charge is 0.341 e. The summed E-state index contributed by atoms with van der Waals surface area (Å²) < 4.78 is 12.4. The van der Waals surface area contributed by atoms with E-state index in [-0.39, 0.29) is 12.5 Å². The topological polar surface area (TPSA) is 82.4 Å². The highest BCUT2D eigenvalue weighted by Gasteiger charge is 2.19. The second kappa shape index (κ2) is 11.7. The fourth-order valence-corrected chi connectivity index (χ4v) is 3.70. The van der Waals surface area contributed by atoms with Crippen molar-refractivity contribution in [2.24, 2.45) is 0 Å². The Hall–Kier alpha value is -4.65. The molecule has 4 rings (SSSR count). The maximum atomic E-state index is 12.9. The molecular weight excluding hydrogens is 454 g/mol. The van der Waals surface area contributed by atoms with Gasteiger partial charge in [0.25, 0.3) is 5.91 Å². The number of ether oxygens (including phenoxy) is 2. The standard InChI is InChI=1S/C29H27N3O4/c1-3-36-29(34)26(27-30-16-17-32(27)20-21-8-5-4-6-9-21)19-22-10-7-11-24(18-22)31-28(33)23-12-14-25(35-2)15-13-23/h4-19H,3,20H2,1-2H3,(H,31,33)/b26-19+. The summed E-state index contributed by atoms with van der Waals surface area (Å²) in [5, 5.41) is 2.90. The summed E-state index contributed by atoms with van der Waals surface area (Å²) in [6.45, 7) is 2.57. The molecule has 0 bridgehead atoms. The van der Waals surface area contributed by atoms with Crippen molar-refractivity contribution in [3.05, 3.63) is 114 Å². The van der Waals surface area contributed by atoms with Crippen LogP contribution in [0.15, 0.2) is 91.3 Å². The van der Waals surface area contributed by atoms with Crippen molar-refractivity contribution >= 4 is 29.2 Å². The van der Waals surface area contributed by atoms with E-state index in [0.717, 1.165) is 11.1 Å². The van der Waals surface area contributed by atoms with Crippen LogP contribution in [0.3, 0.4) is 0 Å². The number of aromatic nitrogens is 2. The summed E-state index contributed by atoms with van der Waals surface area (Å²) in [4.78, 5) is 30.1. The average Bonchev–Trinajstić information content (AvgIpc) is 3.36. The van der Waals surface area contributed by atoms with Crippen molar-refractivity contribution in [3.63, 3.8) is 0 Å². The number of hydrogen-bond donors (Lipinski definition) is 1. The monoisotopic (exact) mass is 481 g/mol. The van der Waals surface area contributed by atoms with Gasteiger partial charge in [0.05, 0.1) is 13.7 Å². The summed E-state index contributed by atoms with van der Waals surface area (Å²) in [5.74, 6) is 0.467. The van der Waals surface area contributed by atoms with Gasteiger partial charge in [0.15, 0.2) is 0 Å². The van der Waals surface area contributed by atoms with E-state index in [2.05, 4.69) is 10.3 Å². The van der Waals surface area contributed by atoms with E-state index in [0.29, 0.717) is 34.9 Å². The van der Waals surface area contributed by atoms with E-state index in [1.54, 1.807) is 62.7 Å². The van der Waals surface area contributed by atoms with Gasteiger partial charge in [-0.2, -0.15) is 0 Å². The molecule has 0 unspecified atom stereocenters. The predicted molar refractivity (Wildman–Crippen MR) is 140 cm³/mol. The van der Waals surface area contributed by atoms with Crippen LogP contribution in [0, 0.1) is 0 Å². The third kappa shape index (κ3) is 6.07. The van der Waals surface area contributed by atoms with Gasteiger partial charge in [-0.05, 0) is 60.5 Å². The first-order valence-corrected chi connectivity index (χ1v) is 11.6. The van der Waals surface area contributed by atoms with Crippen molar-refractivity contribution < 1.29 is 19.1 Å². The maximum absolute atomic E-state index is 12.9. The van der Waals surface area contributed by atoms with Gasteiger partial charge in [-0.3, -0.25) is 4.79 Å². The summed E-state index contributed by atoms with van der Waals surface area (Å²) in [7, 11) is 1.58. The molecule has 3 aromatic carbocycles. The van der Waals surface area contributed by atoms with E-state index in [1.165, 1.54) is 0 Å². The van der Waals surface area contributed by atoms with Crippen LogP contribution in [-0.4, -0.2) is 35.1 Å². The second-order valence-electron chi connectivity index (χ2n) is 7.95. The third-order valence-corrected chi connectivity index (χ3v) is 5.46. The first-order valence-electron chi connectivity index (χ1n) is 11.6. The molecule has 1 aromatic heterocycles. The molecule has 0 aliphatic carbocycles. The van der Waals surface area contributed by atoms with Crippen LogP contribution in [0.4, 0.5) is 5.69 Å². The number of carbonyl (C=O) groups is 2. The number of esters is 1. The number of hydrogen-bond acceptors (Lipinski definition) is 5. The minimum atomic E-state index is -0.467. The second-order valence-corrected chi connectivity index (χ2v) is 7.95. The molecule has 182 valence electrons.